The van der Waals surface area contributed by atoms with Crippen molar-refractivity contribution in [3.63, 3.8) is 0 Å². The summed E-state index contributed by atoms with van der Waals surface area (Å²) in [4.78, 5) is 27.4. The van der Waals surface area contributed by atoms with Gasteiger partial charge in [0, 0.05) is 28.9 Å². The van der Waals surface area contributed by atoms with E-state index in [1.54, 1.807) is 36.5 Å². The molecule has 0 atom stereocenters. The van der Waals surface area contributed by atoms with E-state index in [1.807, 2.05) is 24.5 Å². The average Bonchev–Trinajstić information content (AvgIpc) is 2.99. The maximum atomic E-state index is 11.8. The number of rotatable bonds is 5. The second kappa shape index (κ2) is 8.73. The quantitative estimate of drug-likeness (QED) is 0.407. The zero-order valence-electron chi connectivity index (χ0n) is 16.4. The van der Waals surface area contributed by atoms with Gasteiger partial charge in [-0.3, -0.25) is 4.99 Å². The monoisotopic (exact) mass is 444 g/mol. The summed E-state index contributed by atoms with van der Waals surface area (Å²) in [6.07, 6.45) is 1.69. The van der Waals surface area contributed by atoms with Gasteiger partial charge in [-0.25, -0.2) is 9.59 Å². The molecule has 0 spiro atoms. The van der Waals surface area contributed by atoms with Crippen LogP contribution in [0.15, 0.2) is 47.5 Å². The molecule has 154 valence electrons. The van der Waals surface area contributed by atoms with Gasteiger partial charge in [0.25, 0.3) is 0 Å². The molecule has 0 fully saturated rings. The van der Waals surface area contributed by atoms with Crippen molar-refractivity contribution < 1.29 is 19.4 Å². The summed E-state index contributed by atoms with van der Waals surface area (Å²) in [6, 6.07) is 11.6. The molecule has 0 aliphatic heterocycles. The van der Waals surface area contributed by atoms with Crippen molar-refractivity contribution in [1.82, 2.24) is 4.57 Å². The number of carbonyl (C=O) groups excluding carboxylic acids is 1. The summed E-state index contributed by atoms with van der Waals surface area (Å²) in [5.74, 6) is -1.61. The van der Waals surface area contributed by atoms with E-state index in [2.05, 4.69) is 4.99 Å². The molecule has 0 aliphatic rings. The zero-order valence-corrected chi connectivity index (χ0v) is 18.0. The highest BCUT2D eigenvalue weighted by Crippen LogP contribution is 2.26. The first kappa shape index (κ1) is 21.6. The number of esters is 1. The standard InChI is InChI=1S/C22H18Cl2N2O4/c1-12-8-14(11-25-15-4-7-19(23)18(9-15)22(29)30-3)13(2)26(12)16-5-6-17(21(27)28)20(24)10-16/h4-11H,1-3H3,(H,27,28). The second-order valence-electron chi connectivity index (χ2n) is 6.55. The van der Waals surface area contributed by atoms with E-state index in [0.29, 0.717) is 10.7 Å². The summed E-state index contributed by atoms with van der Waals surface area (Å²) >= 11 is 12.2. The van der Waals surface area contributed by atoms with Gasteiger partial charge in [-0.1, -0.05) is 23.2 Å². The van der Waals surface area contributed by atoms with Crippen LogP contribution in [0.1, 0.15) is 37.7 Å². The van der Waals surface area contributed by atoms with E-state index in [0.717, 1.165) is 22.6 Å². The summed E-state index contributed by atoms with van der Waals surface area (Å²) in [7, 11) is 1.29. The van der Waals surface area contributed by atoms with Crippen molar-refractivity contribution in [3.05, 3.63) is 80.6 Å². The van der Waals surface area contributed by atoms with Crippen LogP contribution in [0.4, 0.5) is 5.69 Å². The number of carbonyl (C=O) groups is 2. The van der Waals surface area contributed by atoms with E-state index >= 15 is 0 Å². The normalized spacial score (nSPS) is 11.1. The number of aromatic carboxylic acids is 1. The molecule has 0 amide bonds. The molecule has 8 heteroatoms. The summed E-state index contributed by atoms with van der Waals surface area (Å²) in [5.41, 5.74) is 4.29. The molecule has 0 saturated heterocycles. The van der Waals surface area contributed by atoms with Gasteiger partial charge < -0.3 is 14.4 Å². The Hall–Kier alpha value is -3.09. The molecule has 6 nitrogen and oxygen atoms in total. The first-order valence-electron chi connectivity index (χ1n) is 8.87. The van der Waals surface area contributed by atoms with Crippen molar-refractivity contribution in [1.29, 1.82) is 0 Å². The smallest absolute Gasteiger partial charge is 0.339 e. The van der Waals surface area contributed by atoms with Gasteiger partial charge in [-0.15, -0.1) is 0 Å². The fourth-order valence-electron chi connectivity index (χ4n) is 3.14. The minimum atomic E-state index is -1.07. The number of aromatic nitrogens is 1. The van der Waals surface area contributed by atoms with Crippen molar-refractivity contribution in [2.45, 2.75) is 13.8 Å². The van der Waals surface area contributed by atoms with Crippen LogP contribution in [0.2, 0.25) is 10.0 Å². The molecule has 0 bridgehead atoms. The minimum Gasteiger partial charge on any atom is -0.478 e. The lowest BCUT2D eigenvalue weighted by molar-refractivity contribution is 0.0600. The first-order chi connectivity index (χ1) is 14.2. The SMILES string of the molecule is COC(=O)c1cc(N=Cc2cc(C)n(-c3ccc(C(=O)O)c(Cl)c3)c2C)ccc1Cl. The molecule has 0 aliphatic carbocycles. The lowest BCUT2D eigenvalue weighted by atomic mass is 10.2. The van der Waals surface area contributed by atoms with E-state index in [1.165, 1.54) is 13.2 Å². The third-order valence-electron chi connectivity index (χ3n) is 4.62. The molecule has 0 saturated carbocycles. The molecule has 1 heterocycles. The number of aryl methyl sites for hydroxylation is 1. The number of benzene rings is 2. The van der Waals surface area contributed by atoms with Crippen LogP contribution in [0.3, 0.4) is 0 Å². The van der Waals surface area contributed by atoms with Crippen LogP contribution in [-0.2, 0) is 4.74 Å². The Labute approximate surface area is 183 Å². The molecular formula is C22H18Cl2N2O4. The van der Waals surface area contributed by atoms with Crippen molar-refractivity contribution >= 4 is 47.0 Å². The molecule has 3 aromatic rings. The predicted molar refractivity (Wildman–Crippen MR) is 117 cm³/mol. The van der Waals surface area contributed by atoms with Crippen molar-refractivity contribution in [2.75, 3.05) is 7.11 Å². The Morgan fingerprint density at radius 1 is 1.03 bits per heavy atom. The van der Waals surface area contributed by atoms with Crippen LogP contribution >= 0.6 is 23.2 Å². The van der Waals surface area contributed by atoms with Crippen LogP contribution in [-0.4, -0.2) is 34.9 Å². The Morgan fingerprint density at radius 3 is 2.40 bits per heavy atom. The summed E-state index contributed by atoms with van der Waals surface area (Å²) < 4.78 is 6.69. The van der Waals surface area contributed by atoms with E-state index in [4.69, 9.17) is 33.0 Å². The summed E-state index contributed by atoms with van der Waals surface area (Å²) in [6.45, 7) is 3.86. The molecule has 3 rings (SSSR count). The molecule has 30 heavy (non-hydrogen) atoms. The Kier molecular flexibility index (Phi) is 6.29. The molecule has 1 N–H and O–H groups in total. The van der Waals surface area contributed by atoms with E-state index in [-0.39, 0.29) is 16.1 Å². The lowest BCUT2D eigenvalue weighted by Gasteiger charge is -2.11. The highest BCUT2D eigenvalue weighted by atomic mass is 35.5. The number of carboxylic acid groups (broad SMARTS) is 1. The van der Waals surface area contributed by atoms with Gasteiger partial charge in [0.05, 0.1) is 34.0 Å². The number of nitrogens with zero attached hydrogens (tertiary/aromatic N) is 2. The number of carboxylic acids is 1. The Morgan fingerprint density at radius 2 is 1.77 bits per heavy atom. The number of ether oxygens (including phenoxy) is 1. The van der Waals surface area contributed by atoms with E-state index < -0.39 is 11.9 Å². The van der Waals surface area contributed by atoms with Crippen LogP contribution < -0.4 is 0 Å². The minimum absolute atomic E-state index is 0.0498. The largest absolute Gasteiger partial charge is 0.478 e. The highest BCUT2D eigenvalue weighted by molar-refractivity contribution is 6.34. The maximum Gasteiger partial charge on any atom is 0.339 e. The van der Waals surface area contributed by atoms with Gasteiger partial charge in [-0.05, 0) is 56.3 Å². The third-order valence-corrected chi connectivity index (χ3v) is 5.26. The fourth-order valence-corrected chi connectivity index (χ4v) is 3.59. The Bertz CT molecular complexity index is 1180. The van der Waals surface area contributed by atoms with Gasteiger partial charge in [0.15, 0.2) is 0 Å². The number of halogens is 2. The molecular weight excluding hydrogens is 427 g/mol. The average molecular weight is 445 g/mol. The van der Waals surface area contributed by atoms with Crippen LogP contribution in [0.25, 0.3) is 5.69 Å². The number of aliphatic imine (C=N–C) groups is 1. The topological polar surface area (TPSA) is 80.9 Å². The Balaban J connectivity index is 1.96. The first-order valence-corrected chi connectivity index (χ1v) is 9.62. The highest BCUT2D eigenvalue weighted by Gasteiger charge is 2.14. The molecule has 1 aromatic heterocycles. The van der Waals surface area contributed by atoms with Crippen molar-refractivity contribution in [2.24, 2.45) is 4.99 Å². The molecule has 0 unspecified atom stereocenters. The van der Waals surface area contributed by atoms with Gasteiger partial charge in [0.2, 0.25) is 0 Å². The number of methoxy groups -OCH3 is 1. The van der Waals surface area contributed by atoms with Crippen LogP contribution in [0.5, 0.6) is 0 Å². The zero-order chi connectivity index (χ0) is 22.0. The van der Waals surface area contributed by atoms with Crippen LogP contribution in [0, 0.1) is 13.8 Å². The van der Waals surface area contributed by atoms with Gasteiger partial charge in [-0.2, -0.15) is 0 Å². The lowest BCUT2D eigenvalue weighted by Crippen LogP contribution is -2.03. The second-order valence-corrected chi connectivity index (χ2v) is 7.36. The fraction of sp³-hybridized carbons (Fsp3) is 0.136. The summed E-state index contributed by atoms with van der Waals surface area (Å²) in [5, 5.41) is 9.62. The van der Waals surface area contributed by atoms with Gasteiger partial charge >= 0.3 is 11.9 Å². The van der Waals surface area contributed by atoms with Crippen molar-refractivity contribution in [3.8, 4) is 5.69 Å². The molecule has 2 aromatic carbocycles. The maximum absolute atomic E-state index is 11.8. The molecule has 0 radical (unpaired) electrons. The van der Waals surface area contributed by atoms with Gasteiger partial charge in [0.1, 0.15) is 0 Å². The van der Waals surface area contributed by atoms with E-state index in [9.17, 15) is 9.59 Å². The number of hydrogen-bond acceptors (Lipinski definition) is 4. The predicted octanol–water partition coefficient (Wildman–Crippen LogP) is 5.64. The number of hydrogen-bond donors (Lipinski definition) is 1. The third kappa shape index (κ3) is 4.25.